The summed E-state index contributed by atoms with van der Waals surface area (Å²) in [5, 5.41) is 0. The van der Waals surface area contributed by atoms with Crippen LogP contribution in [0.5, 0.6) is 11.5 Å². The Kier molecular flexibility index (Phi) is 6.71. The number of thioether (sulfide) groups is 1. The molecule has 0 atom stereocenters. The second kappa shape index (κ2) is 9.40. The molecule has 2 heterocycles. The highest BCUT2D eigenvalue weighted by Gasteiger charge is 2.47. The van der Waals surface area contributed by atoms with Crippen LogP contribution in [-0.2, 0) is 6.18 Å². The minimum absolute atomic E-state index is 0.143. The molecular weight excluding hydrogens is 469 g/mol. The Morgan fingerprint density at radius 3 is 2.00 bits per heavy atom. The summed E-state index contributed by atoms with van der Waals surface area (Å²) in [6.07, 6.45) is -3.29. The van der Waals surface area contributed by atoms with Crippen LogP contribution >= 0.6 is 11.8 Å². The van der Waals surface area contributed by atoms with Crippen molar-refractivity contribution in [3.63, 3.8) is 0 Å². The molecule has 0 radical (unpaired) electrons. The van der Waals surface area contributed by atoms with E-state index in [1.165, 1.54) is 26.4 Å². The number of hydrogen-bond acceptors (Lipinski definition) is 5. The molecule has 0 saturated carbocycles. The third kappa shape index (κ3) is 4.68. The maximum Gasteiger partial charge on any atom is 0.416 e. The van der Waals surface area contributed by atoms with Gasteiger partial charge in [-0.1, -0.05) is 0 Å². The monoisotopic (exact) mass is 494 g/mol. The summed E-state index contributed by atoms with van der Waals surface area (Å²) in [7, 11) is 3.04. The molecule has 0 bridgehead atoms. The standard InChI is InChI=1S/C24H25F3N2O4S/c1-32-19-13-17(14-20(15-19)33-2)21(30)28-9-7-23(8-10-28)29(11-12-34-23)22(31)16-3-5-18(6-4-16)24(25,26)27/h3-6,13-15H,7-12H2,1-2H3. The quantitative estimate of drug-likeness (QED) is 0.625. The zero-order valence-electron chi connectivity index (χ0n) is 18.9. The lowest BCUT2D eigenvalue weighted by Crippen LogP contribution is -2.53. The summed E-state index contributed by atoms with van der Waals surface area (Å²) in [4.78, 5) is 29.3. The molecule has 0 aliphatic carbocycles. The first-order valence-electron chi connectivity index (χ1n) is 10.8. The SMILES string of the molecule is COc1cc(OC)cc(C(=O)N2CCC3(CC2)SCCN3C(=O)c2ccc(C(F)(F)F)cc2)c1. The Morgan fingerprint density at radius 2 is 1.47 bits per heavy atom. The van der Waals surface area contributed by atoms with Crippen LogP contribution in [0, 0.1) is 0 Å². The van der Waals surface area contributed by atoms with Gasteiger partial charge in [-0.05, 0) is 49.2 Å². The van der Waals surface area contributed by atoms with Crippen LogP contribution in [-0.4, -0.2) is 66.1 Å². The fourth-order valence-electron chi connectivity index (χ4n) is 4.44. The number of benzene rings is 2. The molecule has 2 aliphatic rings. The average molecular weight is 495 g/mol. The van der Waals surface area contributed by atoms with Crippen LogP contribution in [0.3, 0.4) is 0 Å². The van der Waals surface area contributed by atoms with Crippen LogP contribution in [0.15, 0.2) is 42.5 Å². The summed E-state index contributed by atoms with van der Waals surface area (Å²) in [6, 6.07) is 9.37. The Bertz CT molecular complexity index is 1040. The number of carbonyl (C=O) groups is 2. The first-order chi connectivity index (χ1) is 16.2. The predicted molar refractivity (Wildman–Crippen MR) is 122 cm³/mol. The van der Waals surface area contributed by atoms with Crippen LogP contribution in [0.2, 0.25) is 0 Å². The van der Waals surface area contributed by atoms with Crippen LogP contribution in [0.25, 0.3) is 0 Å². The molecule has 1 spiro atoms. The topological polar surface area (TPSA) is 59.1 Å². The molecule has 0 aromatic heterocycles. The van der Waals surface area contributed by atoms with Gasteiger partial charge in [-0.15, -0.1) is 11.8 Å². The molecule has 2 saturated heterocycles. The molecule has 2 aliphatic heterocycles. The highest BCUT2D eigenvalue weighted by molar-refractivity contribution is 8.00. The maximum absolute atomic E-state index is 13.2. The molecule has 6 nitrogen and oxygen atoms in total. The largest absolute Gasteiger partial charge is 0.497 e. The summed E-state index contributed by atoms with van der Waals surface area (Å²) in [5.41, 5.74) is -0.0867. The van der Waals surface area contributed by atoms with Crippen molar-refractivity contribution < 1.29 is 32.2 Å². The molecule has 182 valence electrons. The smallest absolute Gasteiger partial charge is 0.416 e. The molecule has 2 aromatic carbocycles. The molecule has 4 rings (SSSR count). The van der Waals surface area contributed by atoms with Crippen LogP contribution in [0.4, 0.5) is 13.2 Å². The molecule has 0 N–H and O–H groups in total. The van der Waals surface area contributed by atoms with Crippen molar-refractivity contribution in [3.8, 4) is 11.5 Å². The van der Waals surface area contributed by atoms with Gasteiger partial charge in [0.2, 0.25) is 0 Å². The summed E-state index contributed by atoms with van der Waals surface area (Å²) >= 11 is 1.67. The van der Waals surface area contributed by atoms with E-state index in [1.54, 1.807) is 39.8 Å². The maximum atomic E-state index is 13.2. The lowest BCUT2D eigenvalue weighted by atomic mass is 9.99. The van der Waals surface area contributed by atoms with Gasteiger partial charge in [0.15, 0.2) is 0 Å². The van der Waals surface area contributed by atoms with Crippen molar-refractivity contribution in [3.05, 3.63) is 59.2 Å². The number of nitrogens with zero attached hydrogens (tertiary/aromatic N) is 2. The molecule has 34 heavy (non-hydrogen) atoms. The van der Waals surface area contributed by atoms with Gasteiger partial charge < -0.3 is 19.3 Å². The average Bonchev–Trinajstić information content (AvgIpc) is 3.25. The van der Waals surface area contributed by atoms with Crippen molar-refractivity contribution in [2.24, 2.45) is 0 Å². The van der Waals surface area contributed by atoms with E-state index in [0.29, 0.717) is 49.5 Å². The van der Waals surface area contributed by atoms with E-state index in [9.17, 15) is 22.8 Å². The molecule has 2 aromatic rings. The second-order valence-corrected chi connectivity index (χ2v) is 9.68. The summed E-state index contributed by atoms with van der Waals surface area (Å²) in [6.45, 7) is 1.44. The van der Waals surface area contributed by atoms with E-state index in [4.69, 9.17) is 9.47 Å². The number of carbonyl (C=O) groups excluding carboxylic acids is 2. The second-order valence-electron chi connectivity index (χ2n) is 8.22. The molecule has 10 heteroatoms. The number of alkyl halides is 3. The normalized spacial score (nSPS) is 17.7. The number of likely N-dealkylation sites (tertiary alicyclic amines) is 1. The van der Waals surface area contributed by atoms with Crippen molar-refractivity contribution >= 4 is 23.6 Å². The third-order valence-corrected chi connectivity index (χ3v) is 7.86. The van der Waals surface area contributed by atoms with E-state index in [-0.39, 0.29) is 17.4 Å². The highest BCUT2D eigenvalue weighted by Crippen LogP contribution is 2.45. The number of methoxy groups -OCH3 is 2. The van der Waals surface area contributed by atoms with Crippen molar-refractivity contribution in [1.82, 2.24) is 9.80 Å². The Hall–Kier alpha value is -2.88. The zero-order chi connectivity index (χ0) is 24.5. The first kappa shape index (κ1) is 24.3. The van der Waals surface area contributed by atoms with Crippen molar-refractivity contribution in [1.29, 1.82) is 0 Å². The number of hydrogen-bond donors (Lipinski definition) is 0. The third-order valence-electron chi connectivity index (χ3n) is 6.31. The Morgan fingerprint density at radius 1 is 0.882 bits per heavy atom. The van der Waals surface area contributed by atoms with Crippen molar-refractivity contribution in [2.45, 2.75) is 23.9 Å². The summed E-state index contributed by atoms with van der Waals surface area (Å²) < 4.78 is 49.1. The zero-order valence-corrected chi connectivity index (χ0v) is 19.7. The number of rotatable bonds is 4. The molecule has 2 amide bonds. The summed E-state index contributed by atoms with van der Waals surface area (Å²) in [5.74, 6) is 1.37. The lowest BCUT2D eigenvalue weighted by Gasteiger charge is -2.44. The fraction of sp³-hybridized carbons (Fsp3) is 0.417. The molecule has 2 fully saturated rings. The Balaban J connectivity index is 1.46. The van der Waals surface area contributed by atoms with E-state index >= 15 is 0 Å². The van der Waals surface area contributed by atoms with Gasteiger partial charge in [0.05, 0.1) is 24.7 Å². The highest BCUT2D eigenvalue weighted by atomic mass is 32.2. The molecule has 0 unspecified atom stereocenters. The number of ether oxygens (including phenoxy) is 2. The van der Waals surface area contributed by atoms with E-state index in [2.05, 4.69) is 0 Å². The van der Waals surface area contributed by atoms with Crippen molar-refractivity contribution in [2.75, 3.05) is 39.6 Å². The lowest BCUT2D eigenvalue weighted by molar-refractivity contribution is -0.137. The van der Waals surface area contributed by atoms with Gasteiger partial charge >= 0.3 is 6.18 Å². The van der Waals surface area contributed by atoms with Gasteiger partial charge in [-0.2, -0.15) is 13.2 Å². The van der Waals surface area contributed by atoms with Gasteiger partial charge in [0, 0.05) is 42.6 Å². The van der Waals surface area contributed by atoms with E-state index < -0.39 is 16.6 Å². The van der Waals surface area contributed by atoms with E-state index in [0.717, 1.165) is 17.9 Å². The van der Waals surface area contributed by atoms with Gasteiger partial charge in [-0.25, -0.2) is 0 Å². The predicted octanol–water partition coefficient (Wildman–Crippen LogP) is 4.54. The van der Waals surface area contributed by atoms with Gasteiger partial charge in [0.25, 0.3) is 11.8 Å². The first-order valence-corrected chi connectivity index (χ1v) is 11.8. The van der Waals surface area contributed by atoms with Gasteiger partial charge in [0.1, 0.15) is 11.5 Å². The number of halogens is 3. The Labute approximate surface area is 200 Å². The number of piperidine rings is 1. The fourth-order valence-corrected chi connectivity index (χ4v) is 5.89. The minimum atomic E-state index is -4.45. The van der Waals surface area contributed by atoms with Crippen LogP contribution in [0.1, 0.15) is 39.1 Å². The van der Waals surface area contributed by atoms with Gasteiger partial charge in [-0.3, -0.25) is 9.59 Å². The van der Waals surface area contributed by atoms with E-state index in [1.807, 2.05) is 0 Å². The molecular formula is C24H25F3N2O4S. The van der Waals surface area contributed by atoms with Crippen LogP contribution < -0.4 is 9.47 Å². The minimum Gasteiger partial charge on any atom is -0.497 e. The number of amides is 2.